The Labute approximate surface area is 128 Å². The molecule has 1 aliphatic rings. The van der Waals surface area contributed by atoms with Crippen LogP contribution in [-0.4, -0.2) is 22.9 Å². The second-order valence-corrected chi connectivity index (χ2v) is 6.50. The van der Waals surface area contributed by atoms with Gasteiger partial charge in [-0.05, 0) is 56.5 Å². The molecule has 4 heteroatoms. The highest BCUT2D eigenvalue weighted by Crippen LogP contribution is 2.28. The first-order chi connectivity index (χ1) is 9.65. The average Bonchev–Trinajstić information content (AvgIpc) is 3.05. The molecule has 0 radical (unpaired) electrons. The first-order valence-corrected chi connectivity index (χ1v) is 7.94. The summed E-state index contributed by atoms with van der Waals surface area (Å²) >= 11 is 3.61. The van der Waals surface area contributed by atoms with E-state index in [9.17, 15) is 0 Å². The van der Waals surface area contributed by atoms with E-state index in [1.807, 2.05) is 6.20 Å². The van der Waals surface area contributed by atoms with E-state index in [1.165, 1.54) is 28.8 Å². The largest absolute Gasteiger partial charge is 0.316 e. The lowest BCUT2D eigenvalue weighted by Crippen LogP contribution is -2.16. The van der Waals surface area contributed by atoms with Gasteiger partial charge >= 0.3 is 0 Å². The second kappa shape index (κ2) is 5.70. The molecule has 2 heterocycles. The van der Waals surface area contributed by atoms with Crippen LogP contribution in [0.25, 0.3) is 11.1 Å². The predicted octanol–water partition coefficient (Wildman–Crippen LogP) is 3.54. The minimum Gasteiger partial charge on any atom is -0.316 e. The third kappa shape index (κ3) is 2.67. The molecule has 0 spiro atoms. The number of nitrogens with one attached hydrogen (secondary N) is 1. The van der Waals surface area contributed by atoms with Crippen molar-refractivity contribution in [3.05, 3.63) is 40.1 Å². The van der Waals surface area contributed by atoms with Crippen molar-refractivity contribution in [3.63, 3.8) is 0 Å². The smallest absolute Gasteiger partial charge is 0.0571 e. The standard InChI is InChI=1S/C16H20BrN3/c1-11-3-4-14(7-16(11)17)15-9-19-20(12(15)2)10-13-5-6-18-8-13/h3-4,7,9,13,18H,5-6,8,10H2,1-2H3. The Morgan fingerprint density at radius 2 is 2.25 bits per heavy atom. The molecule has 1 saturated heterocycles. The van der Waals surface area contributed by atoms with Crippen LogP contribution in [0.1, 0.15) is 17.7 Å². The number of halogens is 1. The van der Waals surface area contributed by atoms with Gasteiger partial charge in [-0.25, -0.2) is 0 Å². The zero-order valence-electron chi connectivity index (χ0n) is 12.0. The van der Waals surface area contributed by atoms with E-state index in [0.717, 1.165) is 24.1 Å². The van der Waals surface area contributed by atoms with Crippen molar-refractivity contribution in [2.24, 2.45) is 5.92 Å². The fraction of sp³-hybridized carbons (Fsp3) is 0.438. The maximum atomic E-state index is 4.58. The minimum absolute atomic E-state index is 0.714. The summed E-state index contributed by atoms with van der Waals surface area (Å²) in [7, 11) is 0. The minimum atomic E-state index is 0.714. The fourth-order valence-electron chi connectivity index (χ4n) is 2.79. The predicted molar refractivity (Wildman–Crippen MR) is 85.8 cm³/mol. The van der Waals surface area contributed by atoms with Gasteiger partial charge < -0.3 is 5.32 Å². The molecule has 1 aliphatic heterocycles. The summed E-state index contributed by atoms with van der Waals surface area (Å²) in [6, 6.07) is 6.50. The molecule has 1 N–H and O–H groups in total. The van der Waals surface area contributed by atoms with Crippen LogP contribution in [0.2, 0.25) is 0 Å². The number of benzene rings is 1. The van der Waals surface area contributed by atoms with Crippen LogP contribution in [-0.2, 0) is 6.54 Å². The second-order valence-electron chi connectivity index (χ2n) is 5.65. The van der Waals surface area contributed by atoms with E-state index >= 15 is 0 Å². The maximum Gasteiger partial charge on any atom is 0.0571 e. The summed E-state index contributed by atoms with van der Waals surface area (Å²) in [6.07, 6.45) is 3.25. The van der Waals surface area contributed by atoms with Crippen LogP contribution in [0.3, 0.4) is 0 Å². The number of nitrogens with zero attached hydrogens (tertiary/aromatic N) is 2. The van der Waals surface area contributed by atoms with Gasteiger partial charge in [0.1, 0.15) is 0 Å². The fourth-order valence-corrected chi connectivity index (χ4v) is 3.17. The first-order valence-electron chi connectivity index (χ1n) is 7.15. The molecule has 0 bridgehead atoms. The average molecular weight is 334 g/mol. The van der Waals surface area contributed by atoms with Crippen LogP contribution in [0.4, 0.5) is 0 Å². The van der Waals surface area contributed by atoms with Crippen LogP contribution in [0, 0.1) is 19.8 Å². The normalized spacial score (nSPS) is 18.6. The van der Waals surface area contributed by atoms with E-state index < -0.39 is 0 Å². The molecule has 1 atom stereocenters. The molecule has 1 unspecified atom stereocenters. The number of aromatic nitrogens is 2. The number of hydrogen-bond acceptors (Lipinski definition) is 2. The van der Waals surface area contributed by atoms with Crippen LogP contribution >= 0.6 is 15.9 Å². The lowest BCUT2D eigenvalue weighted by atomic mass is 10.0. The first kappa shape index (κ1) is 13.8. The number of aryl methyl sites for hydroxylation is 1. The molecule has 0 aliphatic carbocycles. The van der Waals surface area contributed by atoms with E-state index in [2.05, 4.69) is 63.1 Å². The van der Waals surface area contributed by atoms with E-state index in [-0.39, 0.29) is 0 Å². The molecule has 3 nitrogen and oxygen atoms in total. The third-order valence-corrected chi connectivity index (χ3v) is 5.03. The quantitative estimate of drug-likeness (QED) is 0.930. The molecule has 20 heavy (non-hydrogen) atoms. The number of rotatable bonds is 3. The van der Waals surface area contributed by atoms with Gasteiger partial charge in [-0.15, -0.1) is 0 Å². The molecular formula is C16H20BrN3. The van der Waals surface area contributed by atoms with Crippen molar-refractivity contribution < 1.29 is 0 Å². The van der Waals surface area contributed by atoms with Crippen LogP contribution < -0.4 is 5.32 Å². The van der Waals surface area contributed by atoms with Gasteiger partial charge in [-0.3, -0.25) is 4.68 Å². The van der Waals surface area contributed by atoms with Gasteiger partial charge in [0.05, 0.1) is 6.20 Å². The van der Waals surface area contributed by atoms with Crippen molar-refractivity contribution in [2.75, 3.05) is 13.1 Å². The van der Waals surface area contributed by atoms with Gasteiger partial charge in [-0.1, -0.05) is 28.1 Å². The van der Waals surface area contributed by atoms with Gasteiger partial charge in [0.25, 0.3) is 0 Å². The SMILES string of the molecule is Cc1ccc(-c2cnn(CC3CCNC3)c2C)cc1Br. The van der Waals surface area contributed by atoms with Crippen molar-refractivity contribution in [1.29, 1.82) is 0 Å². The van der Waals surface area contributed by atoms with Crippen molar-refractivity contribution in [2.45, 2.75) is 26.8 Å². The van der Waals surface area contributed by atoms with E-state index in [0.29, 0.717) is 5.92 Å². The highest BCUT2D eigenvalue weighted by Gasteiger charge is 2.17. The highest BCUT2D eigenvalue weighted by atomic mass is 79.9. The highest BCUT2D eigenvalue weighted by molar-refractivity contribution is 9.10. The van der Waals surface area contributed by atoms with Crippen molar-refractivity contribution in [3.8, 4) is 11.1 Å². The maximum absolute atomic E-state index is 4.58. The molecule has 0 amide bonds. The monoisotopic (exact) mass is 333 g/mol. The van der Waals surface area contributed by atoms with E-state index in [4.69, 9.17) is 0 Å². The van der Waals surface area contributed by atoms with Gasteiger partial charge in [0.2, 0.25) is 0 Å². The Hall–Kier alpha value is -1.13. The Morgan fingerprint density at radius 1 is 1.40 bits per heavy atom. The van der Waals surface area contributed by atoms with Crippen LogP contribution in [0.15, 0.2) is 28.9 Å². The molecule has 106 valence electrons. The molecule has 1 aromatic heterocycles. The topological polar surface area (TPSA) is 29.9 Å². The zero-order valence-corrected chi connectivity index (χ0v) is 13.6. The summed E-state index contributed by atoms with van der Waals surface area (Å²) in [4.78, 5) is 0. The molecule has 0 saturated carbocycles. The van der Waals surface area contributed by atoms with Crippen molar-refractivity contribution in [1.82, 2.24) is 15.1 Å². The molecule has 1 fully saturated rings. The van der Waals surface area contributed by atoms with Gasteiger partial charge in [0.15, 0.2) is 0 Å². The Morgan fingerprint density at radius 3 is 2.95 bits per heavy atom. The lowest BCUT2D eigenvalue weighted by molar-refractivity contribution is 0.443. The molecule has 2 aromatic rings. The van der Waals surface area contributed by atoms with E-state index in [1.54, 1.807) is 0 Å². The zero-order chi connectivity index (χ0) is 14.1. The molecular weight excluding hydrogens is 314 g/mol. The van der Waals surface area contributed by atoms with Crippen molar-refractivity contribution >= 4 is 15.9 Å². The summed E-state index contributed by atoms with van der Waals surface area (Å²) < 4.78 is 3.31. The summed E-state index contributed by atoms with van der Waals surface area (Å²) in [5.74, 6) is 0.714. The summed E-state index contributed by atoms with van der Waals surface area (Å²) in [5, 5.41) is 8.00. The summed E-state index contributed by atoms with van der Waals surface area (Å²) in [6.45, 7) is 7.55. The summed E-state index contributed by atoms with van der Waals surface area (Å²) in [5.41, 5.74) is 4.98. The Bertz CT molecular complexity index is 612. The molecule has 1 aromatic carbocycles. The third-order valence-electron chi connectivity index (χ3n) is 4.18. The molecule has 3 rings (SSSR count). The van der Waals surface area contributed by atoms with Gasteiger partial charge in [0, 0.05) is 22.3 Å². The van der Waals surface area contributed by atoms with Gasteiger partial charge in [-0.2, -0.15) is 5.10 Å². The Balaban J connectivity index is 1.87. The Kier molecular flexibility index (Phi) is 3.94. The van der Waals surface area contributed by atoms with Crippen LogP contribution in [0.5, 0.6) is 0 Å². The number of hydrogen-bond donors (Lipinski definition) is 1. The lowest BCUT2D eigenvalue weighted by Gasteiger charge is -2.11.